The highest BCUT2D eigenvalue weighted by molar-refractivity contribution is 6.30. The molecule has 0 radical (unpaired) electrons. The van der Waals surface area contributed by atoms with Crippen molar-refractivity contribution >= 4 is 29.6 Å². The molecule has 0 bridgehead atoms. The second kappa shape index (κ2) is 3.98. The fourth-order valence-electron chi connectivity index (χ4n) is 1.39. The Labute approximate surface area is 97.5 Å². The van der Waals surface area contributed by atoms with Crippen LogP contribution in [0.1, 0.15) is 5.56 Å². The van der Waals surface area contributed by atoms with E-state index in [9.17, 15) is 9.59 Å². The number of rotatable bonds is 1. The van der Waals surface area contributed by atoms with E-state index in [1.54, 1.807) is 30.3 Å². The third kappa shape index (κ3) is 1.92. The molecule has 0 unspecified atom stereocenters. The zero-order valence-electron chi connectivity index (χ0n) is 8.53. The minimum Gasteiger partial charge on any atom is -0.303 e. The van der Waals surface area contributed by atoms with Gasteiger partial charge in [-0.3, -0.25) is 9.69 Å². The maximum absolute atomic E-state index is 11.5. The van der Waals surface area contributed by atoms with E-state index in [4.69, 9.17) is 11.6 Å². The van der Waals surface area contributed by atoms with Crippen LogP contribution >= 0.6 is 11.6 Å². The molecule has 82 valence electrons. The fraction of sp³-hybridized carbons (Fsp3) is 0.0909. The highest BCUT2D eigenvalue weighted by atomic mass is 35.5. The number of imide groups is 1. The van der Waals surface area contributed by atoms with Crippen LogP contribution in [0.4, 0.5) is 4.79 Å². The van der Waals surface area contributed by atoms with Gasteiger partial charge in [0.05, 0.1) is 0 Å². The van der Waals surface area contributed by atoms with Gasteiger partial charge in [-0.25, -0.2) is 4.79 Å². The van der Waals surface area contributed by atoms with Gasteiger partial charge in [-0.15, -0.1) is 0 Å². The van der Waals surface area contributed by atoms with E-state index in [-0.39, 0.29) is 11.6 Å². The molecular weight excluding hydrogens is 228 g/mol. The van der Waals surface area contributed by atoms with Crippen molar-refractivity contribution < 1.29 is 9.59 Å². The Morgan fingerprint density at radius 3 is 2.69 bits per heavy atom. The van der Waals surface area contributed by atoms with Crippen molar-refractivity contribution in [3.05, 3.63) is 40.5 Å². The molecule has 0 aromatic heterocycles. The van der Waals surface area contributed by atoms with E-state index in [0.29, 0.717) is 5.02 Å². The van der Waals surface area contributed by atoms with Gasteiger partial charge in [0.25, 0.3) is 5.91 Å². The lowest BCUT2D eigenvalue weighted by atomic mass is 10.2. The van der Waals surface area contributed by atoms with Crippen LogP contribution < -0.4 is 5.32 Å². The summed E-state index contributed by atoms with van der Waals surface area (Å²) >= 11 is 5.81. The smallest absolute Gasteiger partial charge is 0.303 e. The van der Waals surface area contributed by atoms with E-state index in [1.807, 2.05) is 0 Å². The first kappa shape index (κ1) is 10.7. The average molecular weight is 237 g/mol. The van der Waals surface area contributed by atoms with Crippen LogP contribution in [0.25, 0.3) is 6.08 Å². The first-order chi connectivity index (χ1) is 7.58. The number of urea groups is 1. The number of carbonyl (C=O) groups is 2. The SMILES string of the molecule is CN1C(=O)NC(=Cc2cccc(Cl)c2)C1=O. The maximum atomic E-state index is 11.5. The molecule has 1 aromatic carbocycles. The molecule has 0 spiro atoms. The molecule has 1 N–H and O–H groups in total. The van der Waals surface area contributed by atoms with Crippen LogP contribution in [0, 0.1) is 0 Å². The summed E-state index contributed by atoms with van der Waals surface area (Å²) in [6.45, 7) is 0. The Bertz CT molecular complexity index is 497. The first-order valence-corrected chi connectivity index (χ1v) is 5.02. The summed E-state index contributed by atoms with van der Waals surface area (Å²) in [7, 11) is 1.43. The molecule has 1 aliphatic rings. The second-order valence-electron chi connectivity index (χ2n) is 3.41. The van der Waals surface area contributed by atoms with Crippen molar-refractivity contribution in [2.24, 2.45) is 0 Å². The van der Waals surface area contributed by atoms with Gasteiger partial charge < -0.3 is 5.32 Å². The van der Waals surface area contributed by atoms with Gasteiger partial charge in [0.1, 0.15) is 5.70 Å². The lowest BCUT2D eigenvalue weighted by Gasteiger charge is -1.99. The molecule has 1 fully saturated rings. The highest BCUT2D eigenvalue weighted by Gasteiger charge is 2.29. The molecular formula is C11H9ClN2O2. The van der Waals surface area contributed by atoms with Crippen molar-refractivity contribution in [1.82, 2.24) is 10.2 Å². The van der Waals surface area contributed by atoms with Gasteiger partial charge in [-0.05, 0) is 23.8 Å². The maximum Gasteiger partial charge on any atom is 0.328 e. The van der Waals surface area contributed by atoms with E-state index in [2.05, 4.69) is 5.32 Å². The summed E-state index contributed by atoms with van der Waals surface area (Å²) in [6.07, 6.45) is 1.59. The van der Waals surface area contributed by atoms with Crippen molar-refractivity contribution in [3.63, 3.8) is 0 Å². The van der Waals surface area contributed by atoms with Gasteiger partial charge in [-0.2, -0.15) is 0 Å². The summed E-state index contributed by atoms with van der Waals surface area (Å²) in [6, 6.07) is 6.62. The predicted octanol–water partition coefficient (Wildman–Crippen LogP) is 1.86. The van der Waals surface area contributed by atoms with Crippen LogP contribution in [-0.2, 0) is 4.79 Å². The van der Waals surface area contributed by atoms with E-state index < -0.39 is 6.03 Å². The molecule has 1 aromatic rings. The molecule has 4 nitrogen and oxygen atoms in total. The average Bonchev–Trinajstić information content (AvgIpc) is 2.47. The standard InChI is InChI=1S/C11H9ClN2O2/c1-14-10(15)9(13-11(14)16)6-7-3-2-4-8(12)5-7/h2-6H,1H3,(H,13,16). The molecule has 1 saturated heterocycles. The minimum atomic E-state index is -0.418. The van der Waals surface area contributed by atoms with Gasteiger partial charge in [0.2, 0.25) is 0 Å². The van der Waals surface area contributed by atoms with E-state index in [1.165, 1.54) is 7.05 Å². The Balaban J connectivity index is 2.33. The van der Waals surface area contributed by atoms with Gasteiger partial charge >= 0.3 is 6.03 Å². The predicted molar refractivity (Wildman–Crippen MR) is 60.7 cm³/mol. The molecule has 1 aliphatic heterocycles. The van der Waals surface area contributed by atoms with Crippen LogP contribution in [0.15, 0.2) is 30.0 Å². The van der Waals surface area contributed by atoms with Crippen LogP contribution in [0.5, 0.6) is 0 Å². The zero-order valence-corrected chi connectivity index (χ0v) is 9.28. The summed E-state index contributed by atoms with van der Waals surface area (Å²) in [5.74, 6) is -0.343. The fourth-order valence-corrected chi connectivity index (χ4v) is 1.59. The number of likely N-dealkylation sites (N-methyl/N-ethyl adjacent to an activating group) is 1. The van der Waals surface area contributed by atoms with E-state index >= 15 is 0 Å². The first-order valence-electron chi connectivity index (χ1n) is 4.64. The van der Waals surface area contributed by atoms with Crippen molar-refractivity contribution in [2.75, 3.05) is 7.05 Å². The molecule has 0 saturated carbocycles. The number of benzene rings is 1. The van der Waals surface area contributed by atoms with Gasteiger partial charge in [-0.1, -0.05) is 23.7 Å². The number of nitrogens with one attached hydrogen (secondary N) is 1. The number of hydrogen-bond acceptors (Lipinski definition) is 2. The van der Waals surface area contributed by atoms with Gasteiger partial charge in [0.15, 0.2) is 0 Å². The zero-order chi connectivity index (χ0) is 11.7. The molecule has 5 heteroatoms. The van der Waals surface area contributed by atoms with Crippen molar-refractivity contribution in [1.29, 1.82) is 0 Å². The van der Waals surface area contributed by atoms with Crippen LogP contribution in [0.2, 0.25) is 5.02 Å². The monoisotopic (exact) mass is 236 g/mol. The summed E-state index contributed by atoms with van der Waals surface area (Å²) in [5.41, 5.74) is 1.03. The molecule has 16 heavy (non-hydrogen) atoms. The van der Waals surface area contributed by atoms with Crippen molar-refractivity contribution in [2.45, 2.75) is 0 Å². The molecule has 3 amide bonds. The van der Waals surface area contributed by atoms with Crippen LogP contribution in [0.3, 0.4) is 0 Å². The Kier molecular flexibility index (Phi) is 2.66. The quantitative estimate of drug-likeness (QED) is 0.598. The Morgan fingerprint density at radius 2 is 2.12 bits per heavy atom. The Hall–Kier alpha value is -1.81. The molecule has 0 atom stereocenters. The largest absolute Gasteiger partial charge is 0.328 e. The molecule has 2 rings (SSSR count). The summed E-state index contributed by atoms with van der Waals surface area (Å²) < 4.78 is 0. The molecule has 1 heterocycles. The number of carbonyl (C=O) groups excluding carboxylic acids is 2. The number of nitrogens with zero attached hydrogens (tertiary/aromatic N) is 1. The second-order valence-corrected chi connectivity index (χ2v) is 3.84. The van der Waals surface area contributed by atoms with Crippen LogP contribution in [-0.4, -0.2) is 23.9 Å². The number of halogens is 1. The lowest BCUT2D eigenvalue weighted by Crippen LogP contribution is -2.25. The lowest BCUT2D eigenvalue weighted by molar-refractivity contribution is -0.121. The normalized spacial score (nSPS) is 18.1. The number of amides is 3. The minimum absolute atomic E-state index is 0.259. The van der Waals surface area contributed by atoms with E-state index in [0.717, 1.165) is 10.5 Å². The van der Waals surface area contributed by atoms with Gasteiger partial charge in [0, 0.05) is 12.1 Å². The highest BCUT2D eigenvalue weighted by Crippen LogP contribution is 2.15. The topological polar surface area (TPSA) is 49.4 Å². The third-order valence-electron chi connectivity index (χ3n) is 2.24. The summed E-state index contributed by atoms with van der Waals surface area (Å²) in [5, 5.41) is 3.06. The molecule has 0 aliphatic carbocycles. The Morgan fingerprint density at radius 1 is 1.38 bits per heavy atom. The third-order valence-corrected chi connectivity index (χ3v) is 2.48. The van der Waals surface area contributed by atoms with Crippen molar-refractivity contribution in [3.8, 4) is 0 Å². The number of hydrogen-bond donors (Lipinski definition) is 1. The summed E-state index contributed by atoms with van der Waals surface area (Å²) in [4.78, 5) is 23.7.